The van der Waals surface area contributed by atoms with Crippen molar-refractivity contribution in [2.45, 2.75) is 38.2 Å². The Kier molecular flexibility index (Phi) is 4.04. The van der Waals surface area contributed by atoms with Crippen LogP contribution in [0.4, 0.5) is 0 Å². The number of β-amino-alcohol motifs (C(OH)–C–C–N with tert-alkyl or cyclic N) is 1. The highest BCUT2D eigenvalue weighted by Gasteiger charge is 2.16. The number of likely N-dealkylation sites (tertiary alicyclic amines) is 1. The van der Waals surface area contributed by atoms with E-state index in [9.17, 15) is 5.11 Å². The predicted octanol–water partition coefficient (Wildman–Crippen LogP) is 2.01. The van der Waals surface area contributed by atoms with Gasteiger partial charge in [0.1, 0.15) is 18.5 Å². The van der Waals surface area contributed by atoms with E-state index in [4.69, 9.17) is 4.74 Å². The maximum Gasteiger partial charge on any atom is 0.119 e. The summed E-state index contributed by atoms with van der Waals surface area (Å²) in [5.74, 6) is 0.904. The van der Waals surface area contributed by atoms with Gasteiger partial charge < -0.3 is 14.7 Å². The van der Waals surface area contributed by atoms with E-state index in [1.54, 1.807) is 0 Å². The van der Waals surface area contributed by atoms with Gasteiger partial charge in [0, 0.05) is 6.54 Å². The number of fused-ring (bicyclic) bond motifs is 1. The molecule has 3 nitrogen and oxygen atoms in total. The van der Waals surface area contributed by atoms with Gasteiger partial charge in [0.05, 0.1) is 0 Å². The van der Waals surface area contributed by atoms with Crippen molar-refractivity contribution in [1.82, 2.24) is 4.90 Å². The van der Waals surface area contributed by atoms with Crippen LogP contribution in [-0.4, -0.2) is 42.4 Å². The minimum Gasteiger partial charge on any atom is -0.491 e. The van der Waals surface area contributed by atoms with E-state index in [0.29, 0.717) is 6.61 Å². The summed E-state index contributed by atoms with van der Waals surface area (Å²) < 4.78 is 5.73. The highest BCUT2D eigenvalue weighted by Crippen LogP contribution is 2.26. The van der Waals surface area contributed by atoms with Gasteiger partial charge in [0.15, 0.2) is 0 Å². The maximum absolute atomic E-state index is 10.00. The molecule has 0 radical (unpaired) electrons. The Bertz CT molecular complexity index is 427. The van der Waals surface area contributed by atoms with Gasteiger partial charge in [0.2, 0.25) is 0 Å². The van der Waals surface area contributed by atoms with E-state index in [-0.39, 0.29) is 6.10 Å². The first-order valence-electron chi connectivity index (χ1n) is 7.46. The molecule has 1 aromatic carbocycles. The smallest absolute Gasteiger partial charge is 0.119 e. The van der Waals surface area contributed by atoms with Crippen molar-refractivity contribution >= 4 is 0 Å². The summed E-state index contributed by atoms with van der Waals surface area (Å²) in [6.07, 6.45) is 5.77. The van der Waals surface area contributed by atoms with Gasteiger partial charge in [-0.15, -0.1) is 0 Å². The van der Waals surface area contributed by atoms with E-state index in [1.165, 1.54) is 43.2 Å². The van der Waals surface area contributed by atoms with Gasteiger partial charge in [-0.1, -0.05) is 6.07 Å². The molecule has 2 aliphatic rings. The third kappa shape index (κ3) is 3.28. The number of aliphatic hydroxyl groups is 1. The number of nitrogens with zero attached hydrogens (tertiary/aromatic N) is 1. The van der Waals surface area contributed by atoms with Crippen LogP contribution in [0.2, 0.25) is 0 Å². The average molecular weight is 261 g/mol. The summed E-state index contributed by atoms with van der Waals surface area (Å²) in [5, 5.41) is 10.00. The molecule has 1 atom stereocenters. The number of hydrogen-bond donors (Lipinski definition) is 1. The van der Waals surface area contributed by atoms with Crippen molar-refractivity contribution in [3.8, 4) is 5.75 Å². The zero-order valence-electron chi connectivity index (χ0n) is 11.5. The van der Waals surface area contributed by atoms with Gasteiger partial charge in [-0.25, -0.2) is 0 Å². The highest BCUT2D eigenvalue weighted by molar-refractivity contribution is 5.38. The third-order valence-electron chi connectivity index (χ3n) is 4.18. The summed E-state index contributed by atoms with van der Waals surface area (Å²) >= 11 is 0. The van der Waals surface area contributed by atoms with Crippen LogP contribution >= 0.6 is 0 Å². The Hall–Kier alpha value is -1.06. The molecule has 1 heterocycles. The van der Waals surface area contributed by atoms with Crippen molar-refractivity contribution < 1.29 is 9.84 Å². The molecule has 1 N–H and O–H groups in total. The molecule has 3 heteroatoms. The van der Waals surface area contributed by atoms with Crippen molar-refractivity contribution in [2.24, 2.45) is 0 Å². The molecule has 1 aromatic rings. The second kappa shape index (κ2) is 5.93. The second-order valence-corrected chi connectivity index (χ2v) is 5.76. The summed E-state index contributed by atoms with van der Waals surface area (Å²) in [6.45, 7) is 3.38. The van der Waals surface area contributed by atoms with Gasteiger partial charge >= 0.3 is 0 Å². The highest BCUT2D eigenvalue weighted by atomic mass is 16.5. The van der Waals surface area contributed by atoms with E-state index >= 15 is 0 Å². The molecule has 0 bridgehead atoms. The standard InChI is InChI=1S/C16H23NO2/c18-15(11-17-8-1-2-9-17)12-19-16-7-6-13-4-3-5-14(13)10-16/h6-7,10,15,18H,1-5,8-9,11-12H2. The van der Waals surface area contributed by atoms with Gasteiger partial charge in [-0.05, 0) is 68.5 Å². The van der Waals surface area contributed by atoms with Crippen LogP contribution in [0.1, 0.15) is 30.4 Å². The van der Waals surface area contributed by atoms with Gasteiger partial charge in [-0.2, -0.15) is 0 Å². The molecule has 1 aliphatic heterocycles. The van der Waals surface area contributed by atoms with Crippen LogP contribution in [0, 0.1) is 0 Å². The summed E-state index contributed by atoms with van der Waals surface area (Å²) in [5.41, 5.74) is 2.89. The van der Waals surface area contributed by atoms with Crippen LogP contribution < -0.4 is 4.74 Å². The minimum atomic E-state index is -0.383. The first-order chi connectivity index (χ1) is 9.31. The topological polar surface area (TPSA) is 32.7 Å². The molecule has 3 rings (SSSR count). The van der Waals surface area contributed by atoms with E-state index in [1.807, 2.05) is 6.07 Å². The van der Waals surface area contributed by atoms with E-state index < -0.39 is 0 Å². The van der Waals surface area contributed by atoms with Gasteiger partial charge in [0.25, 0.3) is 0 Å². The zero-order chi connectivity index (χ0) is 13.1. The molecule has 0 saturated carbocycles. The van der Waals surface area contributed by atoms with Crippen molar-refractivity contribution in [2.75, 3.05) is 26.2 Å². The van der Waals surface area contributed by atoms with Crippen LogP contribution in [-0.2, 0) is 12.8 Å². The van der Waals surface area contributed by atoms with Crippen LogP contribution in [0.15, 0.2) is 18.2 Å². The molecule has 0 spiro atoms. The average Bonchev–Trinajstić information content (AvgIpc) is 3.06. The number of ether oxygens (including phenoxy) is 1. The Labute approximate surface area is 115 Å². The molecule has 1 fully saturated rings. The lowest BCUT2D eigenvalue weighted by Crippen LogP contribution is -2.33. The normalized spacial score (nSPS) is 20.5. The maximum atomic E-state index is 10.00. The molecular weight excluding hydrogens is 238 g/mol. The fourth-order valence-electron chi connectivity index (χ4n) is 3.15. The van der Waals surface area contributed by atoms with Gasteiger partial charge in [-0.3, -0.25) is 0 Å². The molecule has 19 heavy (non-hydrogen) atoms. The first kappa shape index (κ1) is 12.9. The molecule has 1 aliphatic carbocycles. The summed E-state index contributed by atoms with van der Waals surface area (Å²) in [7, 11) is 0. The molecule has 1 saturated heterocycles. The Balaban J connectivity index is 1.48. The Morgan fingerprint density at radius 2 is 1.89 bits per heavy atom. The number of rotatable bonds is 5. The Morgan fingerprint density at radius 3 is 2.74 bits per heavy atom. The number of hydrogen-bond acceptors (Lipinski definition) is 3. The number of aliphatic hydroxyl groups excluding tert-OH is 1. The Morgan fingerprint density at radius 1 is 1.11 bits per heavy atom. The van der Waals surface area contributed by atoms with Crippen LogP contribution in [0.25, 0.3) is 0 Å². The van der Waals surface area contributed by atoms with Crippen molar-refractivity contribution in [1.29, 1.82) is 0 Å². The predicted molar refractivity (Wildman–Crippen MR) is 75.6 cm³/mol. The monoisotopic (exact) mass is 261 g/mol. The SMILES string of the molecule is OC(COc1ccc2c(c1)CCC2)CN1CCCC1. The summed E-state index contributed by atoms with van der Waals surface area (Å²) in [4.78, 5) is 2.32. The molecule has 104 valence electrons. The van der Waals surface area contributed by atoms with Crippen molar-refractivity contribution in [3.05, 3.63) is 29.3 Å². The van der Waals surface area contributed by atoms with E-state index in [2.05, 4.69) is 17.0 Å². The third-order valence-corrected chi connectivity index (χ3v) is 4.18. The molecule has 1 unspecified atom stereocenters. The quantitative estimate of drug-likeness (QED) is 0.880. The largest absolute Gasteiger partial charge is 0.491 e. The molecule has 0 amide bonds. The molecule has 0 aromatic heterocycles. The number of benzene rings is 1. The zero-order valence-corrected chi connectivity index (χ0v) is 11.5. The van der Waals surface area contributed by atoms with Crippen molar-refractivity contribution in [3.63, 3.8) is 0 Å². The lowest BCUT2D eigenvalue weighted by Gasteiger charge is -2.19. The first-order valence-corrected chi connectivity index (χ1v) is 7.46. The summed E-state index contributed by atoms with van der Waals surface area (Å²) in [6, 6.07) is 6.35. The lowest BCUT2D eigenvalue weighted by atomic mass is 10.1. The van der Waals surface area contributed by atoms with E-state index in [0.717, 1.165) is 25.4 Å². The lowest BCUT2D eigenvalue weighted by molar-refractivity contribution is 0.0758. The second-order valence-electron chi connectivity index (χ2n) is 5.76. The number of aryl methyl sites for hydroxylation is 2. The van der Waals surface area contributed by atoms with Crippen LogP contribution in [0.3, 0.4) is 0 Å². The minimum absolute atomic E-state index is 0.383. The fourth-order valence-corrected chi connectivity index (χ4v) is 3.15. The molecular formula is C16H23NO2. The fraction of sp³-hybridized carbons (Fsp3) is 0.625. The van der Waals surface area contributed by atoms with Crippen LogP contribution in [0.5, 0.6) is 5.75 Å².